The van der Waals surface area contributed by atoms with Gasteiger partial charge >= 0.3 is 5.97 Å². The van der Waals surface area contributed by atoms with E-state index in [1.165, 1.54) is 35.7 Å². The molecular weight excluding hydrogens is 734 g/mol. The number of para-hydroxylation sites is 1. The van der Waals surface area contributed by atoms with Crippen LogP contribution in [0.2, 0.25) is 5.02 Å². The number of carboxylic acid groups (broad SMARTS) is 1. The SMILES string of the molecule is CC(=O)C[C@@H](Cc1ccc(O)cc1)C(=O)N[C@H](C(=O)N1C[C@H](Oc2ccccc2)CC1C(=O)N[C@@H](CC(=O)O)C(=O)CSCc1ccccc1Cl)C(C)C. The van der Waals surface area contributed by atoms with Gasteiger partial charge in [-0.15, -0.1) is 11.8 Å². The van der Waals surface area contributed by atoms with E-state index in [4.69, 9.17) is 16.3 Å². The Labute approximate surface area is 324 Å². The first-order valence-electron chi connectivity index (χ1n) is 17.7. The number of phenolic OH excluding ortho intramolecular Hbond substituents is 1. The van der Waals surface area contributed by atoms with Gasteiger partial charge in [-0.3, -0.25) is 24.0 Å². The minimum atomic E-state index is -1.37. The summed E-state index contributed by atoms with van der Waals surface area (Å²) in [6.45, 7) is 4.84. The Balaban J connectivity index is 1.54. The molecule has 1 aliphatic heterocycles. The van der Waals surface area contributed by atoms with Crippen LogP contribution in [0.1, 0.15) is 51.2 Å². The topological polar surface area (TPSA) is 179 Å². The number of ketones is 2. The molecule has 4 rings (SSSR count). The third-order valence-electron chi connectivity index (χ3n) is 8.99. The zero-order valence-electron chi connectivity index (χ0n) is 30.4. The number of aliphatic carboxylic acids is 1. The average Bonchev–Trinajstić information content (AvgIpc) is 3.55. The molecule has 288 valence electrons. The molecule has 0 aromatic heterocycles. The number of nitrogens with one attached hydrogen (secondary N) is 2. The van der Waals surface area contributed by atoms with E-state index in [0.717, 1.165) is 5.56 Å². The second-order valence-corrected chi connectivity index (χ2v) is 15.1. The number of thioether (sulfide) groups is 1. The zero-order valence-corrected chi connectivity index (χ0v) is 32.0. The summed E-state index contributed by atoms with van der Waals surface area (Å²) in [4.78, 5) is 80.7. The van der Waals surface area contributed by atoms with Gasteiger partial charge in [-0.2, -0.15) is 0 Å². The zero-order chi connectivity index (χ0) is 39.4. The van der Waals surface area contributed by atoms with E-state index in [0.29, 0.717) is 22.1 Å². The number of phenols is 1. The smallest absolute Gasteiger partial charge is 0.305 e. The molecule has 0 bridgehead atoms. The van der Waals surface area contributed by atoms with Crippen LogP contribution in [0, 0.1) is 11.8 Å². The van der Waals surface area contributed by atoms with Gasteiger partial charge in [0.15, 0.2) is 5.78 Å². The Bertz CT molecular complexity index is 1790. The van der Waals surface area contributed by atoms with E-state index in [1.54, 1.807) is 62.4 Å². The van der Waals surface area contributed by atoms with Crippen molar-refractivity contribution in [1.82, 2.24) is 15.5 Å². The molecule has 1 fully saturated rings. The van der Waals surface area contributed by atoms with Crippen molar-refractivity contribution in [2.75, 3.05) is 12.3 Å². The van der Waals surface area contributed by atoms with E-state index < -0.39 is 72.0 Å². The normalized spacial score (nSPS) is 16.9. The van der Waals surface area contributed by atoms with Crippen LogP contribution in [-0.4, -0.2) is 86.9 Å². The fraction of sp³-hybridized carbons (Fsp3) is 0.400. The molecule has 0 saturated carbocycles. The van der Waals surface area contributed by atoms with Crippen molar-refractivity contribution in [3.05, 3.63) is 95.0 Å². The molecular formula is C40H46ClN3O9S. The Morgan fingerprint density at radius 2 is 1.59 bits per heavy atom. The molecule has 14 heteroatoms. The first-order chi connectivity index (χ1) is 25.7. The summed E-state index contributed by atoms with van der Waals surface area (Å²) >= 11 is 7.47. The first kappa shape index (κ1) is 41.9. The predicted molar refractivity (Wildman–Crippen MR) is 205 cm³/mol. The van der Waals surface area contributed by atoms with Gasteiger partial charge in [0.25, 0.3) is 0 Å². The van der Waals surface area contributed by atoms with Gasteiger partial charge < -0.3 is 35.3 Å². The number of benzene rings is 3. The van der Waals surface area contributed by atoms with Gasteiger partial charge in [0.1, 0.15) is 35.5 Å². The van der Waals surface area contributed by atoms with Gasteiger partial charge in [-0.25, -0.2) is 0 Å². The number of carbonyl (C=O) groups excluding carboxylic acids is 5. The molecule has 0 aliphatic carbocycles. The van der Waals surface area contributed by atoms with Crippen LogP contribution < -0.4 is 15.4 Å². The fourth-order valence-corrected chi connectivity index (χ4v) is 7.47. The molecule has 1 aliphatic rings. The van der Waals surface area contributed by atoms with E-state index in [1.807, 2.05) is 18.2 Å². The summed E-state index contributed by atoms with van der Waals surface area (Å²) in [6.07, 6.45) is -1.17. The summed E-state index contributed by atoms with van der Waals surface area (Å²) in [7, 11) is 0. The number of likely N-dealkylation sites (tertiary alicyclic amines) is 1. The molecule has 0 spiro atoms. The van der Waals surface area contributed by atoms with Crippen molar-refractivity contribution in [3.8, 4) is 11.5 Å². The lowest BCUT2D eigenvalue weighted by Gasteiger charge is -2.31. The van der Waals surface area contributed by atoms with Gasteiger partial charge in [-0.05, 0) is 60.7 Å². The van der Waals surface area contributed by atoms with E-state index >= 15 is 0 Å². The van der Waals surface area contributed by atoms with Gasteiger partial charge in [0.2, 0.25) is 17.7 Å². The third kappa shape index (κ3) is 12.3. The van der Waals surface area contributed by atoms with Crippen molar-refractivity contribution in [1.29, 1.82) is 0 Å². The van der Waals surface area contributed by atoms with Crippen molar-refractivity contribution < 1.29 is 43.7 Å². The molecule has 3 amide bonds. The van der Waals surface area contributed by atoms with Crippen molar-refractivity contribution in [3.63, 3.8) is 0 Å². The molecule has 0 radical (unpaired) electrons. The van der Waals surface area contributed by atoms with E-state index in [-0.39, 0.29) is 43.1 Å². The molecule has 1 unspecified atom stereocenters. The number of rotatable bonds is 19. The Morgan fingerprint density at radius 1 is 0.926 bits per heavy atom. The lowest BCUT2D eigenvalue weighted by molar-refractivity contribution is -0.144. The second kappa shape index (κ2) is 20.0. The number of aromatic hydroxyl groups is 1. The molecule has 54 heavy (non-hydrogen) atoms. The highest BCUT2D eigenvalue weighted by atomic mass is 35.5. The van der Waals surface area contributed by atoms with Gasteiger partial charge in [0.05, 0.1) is 24.8 Å². The standard InChI is InChI=1S/C40H46ClN3O9S/c1-24(2)37(43-38(50)28(17-25(3)45)18-26-13-15-29(46)16-14-26)40(52)44-21-31(53-30-10-5-4-6-11-30)19-34(44)39(51)42-33(20-36(48)49)35(47)23-54-22-27-9-7-8-12-32(27)41/h4-16,24,28,31,33-34,37,46H,17-23H2,1-3H3,(H,42,51)(H,43,50)(H,48,49)/t28-,31+,33-,34?,37-/m0/s1. The highest BCUT2D eigenvalue weighted by Crippen LogP contribution is 2.27. The Hall–Kier alpha value is -4.88. The van der Waals surface area contributed by atoms with Crippen LogP contribution in [0.3, 0.4) is 0 Å². The molecule has 1 heterocycles. The predicted octanol–water partition coefficient (Wildman–Crippen LogP) is 4.83. The van der Waals surface area contributed by atoms with Gasteiger partial charge in [0, 0.05) is 29.5 Å². The first-order valence-corrected chi connectivity index (χ1v) is 19.2. The summed E-state index contributed by atoms with van der Waals surface area (Å²) in [5.74, 6) is -4.21. The van der Waals surface area contributed by atoms with Crippen molar-refractivity contribution in [2.45, 2.75) is 76.4 Å². The number of Topliss-reactive ketones (excluding diaryl/α,β-unsaturated/α-hetero) is 2. The monoisotopic (exact) mass is 779 g/mol. The maximum atomic E-state index is 14.4. The Kier molecular flexibility index (Phi) is 15.5. The molecule has 12 nitrogen and oxygen atoms in total. The maximum Gasteiger partial charge on any atom is 0.305 e. The van der Waals surface area contributed by atoms with E-state index in [2.05, 4.69) is 10.6 Å². The molecule has 3 aromatic carbocycles. The van der Waals surface area contributed by atoms with Crippen molar-refractivity contribution >= 4 is 58.6 Å². The van der Waals surface area contributed by atoms with Crippen LogP contribution in [0.25, 0.3) is 0 Å². The minimum Gasteiger partial charge on any atom is -0.508 e. The highest BCUT2D eigenvalue weighted by molar-refractivity contribution is 7.99. The highest BCUT2D eigenvalue weighted by Gasteiger charge is 2.45. The second-order valence-electron chi connectivity index (χ2n) is 13.7. The van der Waals surface area contributed by atoms with Crippen LogP contribution in [-0.2, 0) is 40.9 Å². The van der Waals surface area contributed by atoms with Crippen LogP contribution in [0.5, 0.6) is 11.5 Å². The lowest BCUT2D eigenvalue weighted by atomic mass is 9.92. The number of carboxylic acids is 1. The number of amides is 3. The average molecular weight is 780 g/mol. The number of nitrogens with zero attached hydrogens (tertiary/aromatic N) is 1. The van der Waals surface area contributed by atoms with Crippen LogP contribution in [0.4, 0.5) is 0 Å². The van der Waals surface area contributed by atoms with E-state index in [9.17, 15) is 39.0 Å². The van der Waals surface area contributed by atoms with Crippen molar-refractivity contribution in [2.24, 2.45) is 11.8 Å². The molecule has 4 N–H and O–H groups in total. The molecule has 5 atom stereocenters. The largest absolute Gasteiger partial charge is 0.508 e. The van der Waals surface area contributed by atoms with Crippen LogP contribution >= 0.6 is 23.4 Å². The molecule has 3 aromatic rings. The molecule has 1 saturated heterocycles. The Morgan fingerprint density at radius 3 is 2.22 bits per heavy atom. The number of ether oxygens (including phenoxy) is 1. The summed E-state index contributed by atoms with van der Waals surface area (Å²) < 4.78 is 6.14. The lowest BCUT2D eigenvalue weighted by Crippen LogP contribution is -2.57. The number of hydrogen-bond donors (Lipinski definition) is 4. The number of carbonyl (C=O) groups is 6. The maximum absolute atomic E-state index is 14.4. The quantitative estimate of drug-likeness (QED) is 0.132. The van der Waals surface area contributed by atoms with Gasteiger partial charge in [-0.1, -0.05) is 74.0 Å². The summed E-state index contributed by atoms with van der Waals surface area (Å²) in [5, 5.41) is 25.3. The van der Waals surface area contributed by atoms with Crippen LogP contribution in [0.15, 0.2) is 78.9 Å². The number of halogens is 1. The fourth-order valence-electron chi connectivity index (χ4n) is 6.22. The minimum absolute atomic E-state index is 0.0273. The summed E-state index contributed by atoms with van der Waals surface area (Å²) in [6, 6.07) is 18.7. The summed E-state index contributed by atoms with van der Waals surface area (Å²) in [5.41, 5.74) is 1.52. The third-order valence-corrected chi connectivity index (χ3v) is 10.4. The number of hydrogen-bond acceptors (Lipinski definition) is 9.